The first-order chi connectivity index (χ1) is 18.2. The predicted molar refractivity (Wildman–Crippen MR) is 143 cm³/mol. The van der Waals surface area contributed by atoms with Crippen molar-refractivity contribution in [2.75, 3.05) is 18.4 Å². The van der Waals surface area contributed by atoms with E-state index in [1.54, 1.807) is 4.90 Å². The Morgan fingerprint density at radius 2 is 1.90 bits per heavy atom. The third kappa shape index (κ3) is 6.96. The fraction of sp³-hybridized carbons (Fsp3) is 0.630. The zero-order valence-corrected chi connectivity index (χ0v) is 22.9. The van der Waals surface area contributed by atoms with Gasteiger partial charge in [0.25, 0.3) is 0 Å². The monoisotopic (exact) mass is 549 g/mol. The lowest BCUT2D eigenvalue weighted by Crippen LogP contribution is -2.59. The fourth-order valence-electron chi connectivity index (χ4n) is 5.72. The van der Waals surface area contributed by atoms with E-state index in [2.05, 4.69) is 46.7 Å². The number of carbonyl (C=O) groups excluding carboxylic acids is 2. The maximum Gasteiger partial charge on any atom is 0.416 e. The lowest BCUT2D eigenvalue weighted by Gasteiger charge is -2.43. The second-order valence-electron chi connectivity index (χ2n) is 11.6. The number of benzene rings is 1. The lowest BCUT2D eigenvalue weighted by atomic mass is 9.84. The van der Waals surface area contributed by atoms with Gasteiger partial charge in [-0.3, -0.25) is 9.59 Å². The van der Waals surface area contributed by atoms with Crippen LogP contribution in [0.4, 0.5) is 19.0 Å². The molecule has 0 spiro atoms. The van der Waals surface area contributed by atoms with E-state index >= 15 is 0 Å². The number of carbonyl (C=O) groups is 2. The molecule has 2 fully saturated rings. The summed E-state index contributed by atoms with van der Waals surface area (Å²) < 4.78 is 40.3. The highest BCUT2D eigenvalue weighted by Crippen LogP contribution is 2.34. The summed E-state index contributed by atoms with van der Waals surface area (Å²) in [6, 6.07) is 2.49. The Bertz CT molecular complexity index is 1210. The molecule has 2 heterocycles. The number of amides is 2. The molecule has 2 aliphatic rings. The summed E-state index contributed by atoms with van der Waals surface area (Å²) >= 11 is 0. The van der Waals surface area contributed by atoms with E-state index in [-0.39, 0.29) is 53.2 Å². The van der Waals surface area contributed by atoms with Crippen LogP contribution in [0.1, 0.15) is 64.8 Å². The standard InChI is InChI=1S/C27H38F3N7O2/c1-15(38)32-21-14-17(36-26(2,3)4)6-8-22(21)37-12-10-20(25(37)39)34-24-18-13-16(27(28,29)30)5-7-19(18)33-23(35-24)9-11-31/h5,7,13,17,20-22,36H,6,8-12,14,31H2,1-4H3,(H,32,38)(H,33,34,35)/t17-,20+,21-,22+/m1/s1. The molecule has 5 N–H and O–H groups in total. The lowest BCUT2D eigenvalue weighted by molar-refractivity contribution is -0.137. The first kappa shape index (κ1) is 29.0. The van der Waals surface area contributed by atoms with Gasteiger partial charge in [-0.15, -0.1) is 0 Å². The molecule has 1 aliphatic carbocycles. The van der Waals surface area contributed by atoms with Gasteiger partial charge in [-0.1, -0.05) is 0 Å². The molecule has 214 valence electrons. The quantitative estimate of drug-likeness (QED) is 0.419. The van der Waals surface area contributed by atoms with Gasteiger partial charge < -0.3 is 26.6 Å². The molecule has 1 saturated carbocycles. The van der Waals surface area contributed by atoms with E-state index in [1.807, 2.05) is 0 Å². The number of likely N-dealkylation sites (tertiary alicyclic amines) is 1. The van der Waals surface area contributed by atoms with Crippen LogP contribution in [0.25, 0.3) is 10.9 Å². The third-order valence-corrected chi connectivity index (χ3v) is 7.23. The van der Waals surface area contributed by atoms with Crippen molar-refractivity contribution in [1.29, 1.82) is 0 Å². The summed E-state index contributed by atoms with van der Waals surface area (Å²) in [5, 5.41) is 9.97. The summed E-state index contributed by atoms with van der Waals surface area (Å²) in [5.41, 5.74) is 5.13. The van der Waals surface area contributed by atoms with Crippen molar-refractivity contribution in [3.05, 3.63) is 29.6 Å². The highest BCUT2D eigenvalue weighted by Gasteiger charge is 2.43. The highest BCUT2D eigenvalue weighted by atomic mass is 19.4. The van der Waals surface area contributed by atoms with Crippen LogP contribution in [-0.2, 0) is 22.2 Å². The average Bonchev–Trinajstić information content (AvgIpc) is 3.17. The zero-order chi connectivity index (χ0) is 28.5. The van der Waals surface area contributed by atoms with Gasteiger partial charge >= 0.3 is 6.18 Å². The van der Waals surface area contributed by atoms with E-state index in [9.17, 15) is 22.8 Å². The molecule has 0 bridgehead atoms. The first-order valence-electron chi connectivity index (χ1n) is 13.4. The van der Waals surface area contributed by atoms with E-state index in [0.717, 1.165) is 25.0 Å². The van der Waals surface area contributed by atoms with E-state index < -0.39 is 17.8 Å². The Morgan fingerprint density at radius 1 is 1.15 bits per heavy atom. The van der Waals surface area contributed by atoms with E-state index in [0.29, 0.717) is 37.1 Å². The molecular weight excluding hydrogens is 511 g/mol. The number of rotatable bonds is 7. The highest BCUT2D eigenvalue weighted by molar-refractivity contribution is 5.93. The van der Waals surface area contributed by atoms with Crippen molar-refractivity contribution in [2.24, 2.45) is 5.73 Å². The minimum atomic E-state index is -4.53. The molecule has 1 aromatic heterocycles. The molecule has 0 unspecified atom stereocenters. The minimum Gasteiger partial charge on any atom is -0.358 e. The summed E-state index contributed by atoms with van der Waals surface area (Å²) in [7, 11) is 0. The molecule has 4 rings (SSSR count). The molecule has 39 heavy (non-hydrogen) atoms. The van der Waals surface area contributed by atoms with Gasteiger partial charge in [-0.05, 0) is 71.2 Å². The summed E-state index contributed by atoms with van der Waals surface area (Å²) in [6.45, 7) is 8.52. The first-order valence-corrected chi connectivity index (χ1v) is 13.4. The van der Waals surface area contributed by atoms with Crippen molar-refractivity contribution < 1.29 is 22.8 Å². The van der Waals surface area contributed by atoms with Gasteiger partial charge in [0, 0.05) is 36.9 Å². The van der Waals surface area contributed by atoms with Gasteiger partial charge in [-0.2, -0.15) is 13.2 Å². The molecule has 9 nitrogen and oxygen atoms in total. The number of nitrogens with zero attached hydrogens (tertiary/aromatic N) is 3. The van der Waals surface area contributed by atoms with Crippen molar-refractivity contribution in [3.8, 4) is 0 Å². The van der Waals surface area contributed by atoms with Crippen molar-refractivity contribution >= 4 is 28.5 Å². The molecule has 1 aromatic carbocycles. The summed E-state index contributed by atoms with van der Waals surface area (Å²) in [5.74, 6) is 0.274. The number of halogens is 3. The third-order valence-electron chi connectivity index (χ3n) is 7.23. The smallest absolute Gasteiger partial charge is 0.358 e. The molecule has 12 heteroatoms. The van der Waals surface area contributed by atoms with Crippen molar-refractivity contribution in [3.63, 3.8) is 0 Å². The number of aromatic nitrogens is 2. The number of nitrogens with one attached hydrogen (secondary N) is 3. The second-order valence-corrected chi connectivity index (χ2v) is 11.6. The Kier molecular flexibility index (Phi) is 8.36. The van der Waals surface area contributed by atoms with Crippen LogP contribution in [0.5, 0.6) is 0 Å². The SMILES string of the molecule is CC(=O)N[C@@H]1C[C@H](NC(C)(C)C)CC[C@@H]1N1CC[C@H](Nc2nc(CCN)nc3ccc(C(F)(F)F)cc23)C1=O. The average molecular weight is 550 g/mol. The Labute approximate surface area is 226 Å². The number of fused-ring (bicyclic) bond motifs is 1. The summed E-state index contributed by atoms with van der Waals surface area (Å²) in [6.07, 6.45) is -1.44. The molecule has 4 atom stereocenters. The Balaban J connectivity index is 1.57. The molecule has 2 amide bonds. The predicted octanol–water partition coefficient (Wildman–Crippen LogP) is 2.98. The molecule has 2 aromatic rings. The van der Waals surface area contributed by atoms with Crippen LogP contribution in [0.3, 0.4) is 0 Å². The van der Waals surface area contributed by atoms with Crippen LogP contribution in [0.15, 0.2) is 18.2 Å². The fourth-order valence-corrected chi connectivity index (χ4v) is 5.72. The van der Waals surface area contributed by atoms with Gasteiger partial charge in [0.15, 0.2) is 0 Å². The maximum absolute atomic E-state index is 13.6. The molecule has 0 radical (unpaired) electrons. The number of anilines is 1. The van der Waals surface area contributed by atoms with E-state index in [1.165, 1.54) is 13.0 Å². The van der Waals surface area contributed by atoms with Gasteiger partial charge in [0.05, 0.1) is 23.2 Å². The number of hydrogen-bond donors (Lipinski definition) is 4. The van der Waals surface area contributed by atoms with Crippen molar-refractivity contribution in [2.45, 2.75) is 95.7 Å². The number of nitrogens with two attached hydrogens (primary N) is 1. The van der Waals surface area contributed by atoms with Crippen LogP contribution in [-0.4, -0.2) is 69.5 Å². The Hall–Kier alpha value is -2.99. The Morgan fingerprint density at radius 3 is 2.54 bits per heavy atom. The summed E-state index contributed by atoms with van der Waals surface area (Å²) in [4.78, 5) is 36.2. The molecule has 1 saturated heterocycles. The number of alkyl halides is 3. The van der Waals surface area contributed by atoms with Gasteiger partial charge in [0.1, 0.15) is 17.7 Å². The van der Waals surface area contributed by atoms with Crippen LogP contribution < -0.4 is 21.7 Å². The van der Waals surface area contributed by atoms with Crippen LogP contribution in [0, 0.1) is 0 Å². The van der Waals surface area contributed by atoms with Gasteiger partial charge in [0.2, 0.25) is 11.8 Å². The van der Waals surface area contributed by atoms with Gasteiger partial charge in [-0.25, -0.2) is 9.97 Å². The largest absolute Gasteiger partial charge is 0.416 e. The number of hydrogen-bond acceptors (Lipinski definition) is 7. The van der Waals surface area contributed by atoms with Crippen molar-refractivity contribution in [1.82, 2.24) is 25.5 Å². The minimum absolute atomic E-state index is 0.0776. The maximum atomic E-state index is 13.6. The second kappa shape index (κ2) is 11.2. The zero-order valence-electron chi connectivity index (χ0n) is 22.9. The van der Waals surface area contributed by atoms with E-state index in [4.69, 9.17) is 5.73 Å². The molecule has 1 aliphatic heterocycles. The normalized spacial score (nSPS) is 24.3. The van der Waals surface area contributed by atoms with Crippen LogP contribution in [0.2, 0.25) is 0 Å². The molecular formula is C27H38F3N7O2. The topological polar surface area (TPSA) is 125 Å². The van der Waals surface area contributed by atoms with Crippen LogP contribution >= 0.6 is 0 Å².